The molecule has 0 radical (unpaired) electrons. The van der Waals surface area contributed by atoms with E-state index in [-0.39, 0.29) is 0 Å². The van der Waals surface area contributed by atoms with E-state index in [1.165, 1.54) is 25.9 Å². The molecule has 0 N–H and O–H groups in total. The van der Waals surface area contributed by atoms with Gasteiger partial charge in [-0.3, -0.25) is 0 Å². The summed E-state index contributed by atoms with van der Waals surface area (Å²) in [5, 5.41) is 0. The van der Waals surface area contributed by atoms with Crippen LogP contribution in [0.5, 0.6) is 0 Å². The Balaban J connectivity index is 2.64. The van der Waals surface area contributed by atoms with Crippen molar-refractivity contribution >= 4 is 0 Å². The van der Waals surface area contributed by atoms with Gasteiger partial charge in [0, 0.05) is 13.1 Å². The summed E-state index contributed by atoms with van der Waals surface area (Å²) in [7, 11) is 2.22. The summed E-state index contributed by atoms with van der Waals surface area (Å²) < 4.78 is 0. The Kier molecular flexibility index (Phi) is 2.94. The second kappa shape index (κ2) is 3.61. The van der Waals surface area contributed by atoms with E-state index >= 15 is 0 Å². The second-order valence-electron chi connectivity index (χ2n) is 4.43. The summed E-state index contributed by atoms with van der Waals surface area (Å²) in [6, 6.07) is 0. The lowest BCUT2D eigenvalue weighted by Gasteiger charge is -2.28. The maximum Gasteiger partial charge on any atom is 0.00355 e. The zero-order valence-electron chi connectivity index (χ0n) is 8.64. The fourth-order valence-corrected chi connectivity index (χ4v) is 2.37. The molecule has 70 valence electrons. The highest BCUT2D eigenvalue weighted by Gasteiger charge is 2.38. The highest BCUT2D eigenvalue weighted by molar-refractivity contribution is 4.94. The Morgan fingerprint density at radius 3 is 2.83 bits per heavy atom. The second-order valence-corrected chi connectivity index (χ2v) is 4.43. The van der Waals surface area contributed by atoms with Crippen molar-refractivity contribution in [1.29, 1.82) is 0 Å². The summed E-state index contributed by atoms with van der Waals surface area (Å²) in [5.74, 6) is 0.824. The van der Waals surface area contributed by atoms with Crippen LogP contribution < -0.4 is 0 Å². The molecule has 0 aromatic rings. The molecule has 1 aliphatic rings. The Morgan fingerprint density at radius 1 is 1.67 bits per heavy atom. The molecule has 0 saturated carbocycles. The van der Waals surface area contributed by atoms with E-state index in [2.05, 4.69) is 38.5 Å². The van der Waals surface area contributed by atoms with Crippen LogP contribution in [0.15, 0.2) is 12.7 Å². The molecular formula is C11H21N. The first-order valence-corrected chi connectivity index (χ1v) is 4.92. The van der Waals surface area contributed by atoms with Gasteiger partial charge >= 0.3 is 0 Å². The molecule has 1 saturated heterocycles. The average molecular weight is 167 g/mol. The van der Waals surface area contributed by atoms with Crippen LogP contribution in [-0.4, -0.2) is 25.0 Å². The standard InChI is InChI=1S/C11H21N/c1-5-7-10-8-12(4)9-11(10,3)6-2/h5,10H,1,6-9H2,2-4H3/t10-,11-/m0/s1. The third-order valence-corrected chi connectivity index (χ3v) is 3.41. The van der Waals surface area contributed by atoms with Crippen LogP contribution in [0, 0.1) is 11.3 Å². The summed E-state index contributed by atoms with van der Waals surface area (Å²) >= 11 is 0. The van der Waals surface area contributed by atoms with Gasteiger partial charge in [0.1, 0.15) is 0 Å². The van der Waals surface area contributed by atoms with E-state index in [9.17, 15) is 0 Å². The number of nitrogens with zero attached hydrogens (tertiary/aromatic N) is 1. The monoisotopic (exact) mass is 167 g/mol. The topological polar surface area (TPSA) is 3.24 Å². The zero-order valence-corrected chi connectivity index (χ0v) is 8.64. The number of hydrogen-bond acceptors (Lipinski definition) is 1. The Morgan fingerprint density at radius 2 is 2.33 bits per heavy atom. The minimum atomic E-state index is 0.531. The summed E-state index contributed by atoms with van der Waals surface area (Å²) in [4.78, 5) is 2.44. The van der Waals surface area contributed by atoms with Crippen molar-refractivity contribution in [3.05, 3.63) is 12.7 Å². The van der Waals surface area contributed by atoms with E-state index < -0.39 is 0 Å². The van der Waals surface area contributed by atoms with E-state index in [4.69, 9.17) is 0 Å². The van der Waals surface area contributed by atoms with E-state index in [1.807, 2.05) is 0 Å². The van der Waals surface area contributed by atoms with Gasteiger partial charge in [-0.2, -0.15) is 0 Å². The van der Waals surface area contributed by atoms with Crippen molar-refractivity contribution in [1.82, 2.24) is 4.90 Å². The van der Waals surface area contributed by atoms with Crippen molar-refractivity contribution in [2.45, 2.75) is 26.7 Å². The van der Waals surface area contributed by atoms with Crippen LogP contribution in [0.2, 0.25) is 0 Å². The van der Waals surface area contributed by atoms with Crippen molar-refractivity contribution in [3.63, 3.8) is 0 Å². The molecule has 12 heavy (non-hydrogen) atoms. The van der Waals surface area contributed by atoms with Gasteiger partial charge in [-0.05, 0) is 31.2 Å². The van der Waals surface area contributed by atoms with Gasteiger partial charge in [-0.15, -0.1) is 6.58 Å². The number of allylic oxidation sites excluding steroid dienone is 1. The average Bonchev–Trinajstić information content (AvgIpc) is 2.29. The molecule has 0 aromatic heterocycles. The SMILES string of the molecule is C=CC[C@H]1CN(C)C[C@]1(C)CC. The van der Waals surface area contributed by atoms with Gasteiger partial charge in [-0.1, -0.05) is 19.9 Å². The van der Waals surface area contributed by atoms with Gasteiger partial charge in [-0.25, -0.2) is 0 Å². The lowest BCUT2D eigenvalue weighted by atomic mass is 9.76. The van der Waals surface area contributed by atoms with Crippen LogP contribution in [0.4, 0.5) is 0 Å². The Hall–Kier alpha value is -0.300. The van der Waals surface area contributed by atoms with Crippen molar-refractivity contribution < 1.29 is 0 Å². The largest absolute Gasteiger partial charge is 0.306 e. The lowest BCUT2D eigenvalue weighted by molar-refractivity contribution is 0.240. The molecule has 0 bridgehead atoms. The first-order valence-electron chi connectivity index (χ1n) is 4.92. The van der Waals surface area contributed by atoms with Gasteiger partial charge in [0.2, 0.25) is 0 Å². The minimum absolute atomic E-state index is 0.531. The minimum Gasteiger partial charge on any atom is -0.306 e. The van der Waals surface area contributed by atoms with E-state index in [1.54, 1.807) is 0 Å². The molecule has 0 amide bonds. The lowest BCUT2D eigenvalue weighted by Crippen LogP contribution is -2.25. The maximum atomic E-state index is 3.83. The van der Waals surface area contributed by atoms with Crippen LogP contribution in [-0.2, 0) is 0 Å². The summed E-state index contributed by atoms with van der Waals surface area (Å²) in [6.45, 7) is 11.0. The van der Waals surface area contributed by atoms with Crippen LogP contribution in [0.3, 0.4) is 0 Å². The smallest absolute Gasteiger partial charge is 0.00355 e. The van der Waals surface area contributed by atoms with Crippen molar-refractivity contribution in [3.8, 4) is 0 Å². The highest BCUT2D eigenvalue weighted by Crippen LogP contribution is 2.39. The van der Waals surface area contributed by atoms with Crippen molar-refractivity contribution in [2.24, 2.45) is 11.3 Å². The van der Waals surface area contributed by atoms with E-state index in [0.717, 1.165) is 5.92 Å². The predicted octanol–water partition coefficient (Wildman–Crippen LogP) is 2.54. The molecule has 1 fully saturated rings. The molecule has 0 spiro atoms. The molecule has 0 aromatic carbocycles. The highest BCUT2D eigenvalue weighted by atomic mass is 15.1. The Bertz CT molecular complexity index is 164. The predicted molar refractivity (Wildman–Crippen MR) is 54.2 cm³/mol. The number of hydrogen-bond donors (Lipinski definition) is 0. The fraction of sp³-hybridized carbons (Fsp3) is 0.818. The van der Waals surface area contributed by atoms with E-state index in [0.29, 0.717) is 5.41 Å². The molecule has 1 aliphatic heterocycles. The quantitative estimate of drug-likeness (QED) is 0.584. The summed E-state index contributed by atoms with van der Waals surface area (Å²) in [6.07, 6.45) is 4.53. The molecular weight excluding hydrogens is 146 g/mol. The fourth-order valence-electron chi connectivity index (χ4n) is 2.37. The van der Waals surface area contributed by atoms with Crippen LogP contribution in [0.1, 0.15) is 26.7 Å². The molecule has 1 rings (SSSR count). The first-order chi connectivity index (χ1) is 5.62. The third kappa shape index (κ3) is 1.71. The van der Waals surface area contributed by atoms with Crippen LogP contribution in [0.25, 0.3) is 0 Å². The van der Waals surface area contributed by atoms with Gasteiger partial charge in [0.25, 0.3) is 0 Å². The summed E-state index contributed by atoms with van der Waals surface area (Å²) in [5.41, 5.74) is 0.531. The molecule has 2 atom stereocenters. The Labute approximate surface area is 76.5 Å². The molecule has 1 heterocycles. The zero-order chi connectivity index (χ0) is 9.19. The van der Waals surface area contributed by atoms with Gasteiger partial charge in [0.05, 0.1) is 0 Å². The molecule has 0 aliphatic carbocycles. The first kappa shape index (κ1) is 9.79. The van der Waals surface area contributed by atoms with Crippen LogP contribution >= 0.6 is 0 Å². The molecule has 1 nitrogen and oxygen atoms in total. The van der Waals surface area contributed by atoms with Crippen molar-refractivity contribution in [2.75, 3.05) is 20.1 Å². The maximum absolute atomic E-state index is 3.83. The normalized spacial score (nSPS) is 37.1. The molecule has 1 heteroatoms. The van der Waals surface area contributed by atoms with Gasteiger partial charge in [0.15, 0.2) is 0 Å². The third-order valence-electron chi connectivity index (χ3n) is 3.41. The van der Waals surface area contributed by atoms with Gasteiger partial charge < -0.3 is 4.90 Å². The number of likely N-dealkylation sites (tertiary alicyclic amines) is 1. The number of rotatable bonds is 3. The molecule has 0 unspecified atom stereocenters.